The first kappa shape index (κ1) is 16.8. The van der Waals surface area contributed by atoms with E-state index in [2.05, 4.69) is 10.1 Å². The molecule has 0 aliphatic carbocycles. The van der Waals surface area contributed by atoms with E-state index < -0.39 is 0 Å². The Balaban J connectivity index is 1.57. The molecule has 6 rings (SSSR count). The van der Waals surface area contributed by atoms with Crippen molar-refractivity contribution in [3.05, 3.63) is 83.0 Å². The standard InChI is InChI=1S/C23H16N4O3/c1-14-21(15-5-3-2-4-6-15)22-24-12-17-18(27(22)25-14)9-10-26(23(17)28)16-7-8-19-20(11-16)30-13-29-19/h2-12H,13H2,1H3. The van der Waals surface area contributed by atoms with Gasteiger partial charge in [0.15, 0.2) is 17.1 Å². The molecule has 1 aliphatic rings. The molecular weight excluding hydrogens is 380 g/mol. The first-order chi connectivity index (χ1) is 14.7. The van der Waals surface area contributed by atoms with Crippen LogP contribution in [0.1, 0.15) is 5.69 Å². The van der Waals surface area contributed by atoms with Gasteiger partial charge in [0.05, 0.1) is 22.3 Å². The third-order valence-corrected chi connectivity index (χ3v) is 5.38. The monoisotopic (exact) mass is 396 g/mol. The van der Waals surface area contributed by atoms with Gasteiger partial charge >= 0.3 is 0 Å². The fourth-order valence-electron chi connectivity index (χ4n) is 3.96. The van der Waals surface area contributed by atoms with Crippen LogP contribution in [0.3, 0.4) is 0 Å². The highest BCUT2D eigenvalue weighted by atomic mass is 16.7. The minimum Gasteiger partial charge on any atom is -0.454 e. The predicted octanol–water partition coefficient (Wildman–Crippen LogP) is 3.74. The van der Waals surface area contributed by atoms with Crippen molar-refractivity contribution in [2.75, 3.05) is 6.79 Å². The van der Waals surface area contributed by atoms with E-state index in [9.17, 15) is 4.79 Å². The lowest BCUT2D eigenvalue weighted by molar-refractivity contribution is 0.174. The lowest BCUT2D eigenvalue weighted by atomic mass is 10.1. The normalized spacial score (nSPS) is 12.7. The van der Waals surface area contributed by atoms with Crippen molar-refractivity contribution in [2.24, 2.45) is 0 Å². The number of benzene rings is 2. The van der Waals surface area contributed by atoms with Gasteiger partial charge in [-0.05, 0) is 30.7 Å². The second-order valence-electron chi connectivity index (χ2n) is 7.15. The molecule has 7 heteroatoms. The molecule has 0 saturated carbocycles. The molecule has 0 fully saturated rings. The quantitative estimate of drug-likeness (QED) is 0.455. The van der Waals surface area contributed by atoms with Crippen molar-refractivity contribution in [1.82, 2.24) is 19.2 Å². The van der Waals surface area contributed by atoms with E-state index >= 15 is 0 Å². The second-order valence-corrected chi connectivity index (χ2v) is 7.15. The summed E-state index contributed by atoms with van der Waals surface area (Å²) in [5.74, 6) is 1.31. The lowest BCUT2D eigenvalue weighted by Crippen LogP contribution is -2.18. The van der Waals surface area contributed by atoms with E-state index in [4.69, 9.17) is 9.47 Å². The Morgan fingerprint density at radius 1 is 1.00 bits per heavy atom. The van der Waals surface area contributed by atoms with E-state index in [-0.39, 0.29) is 12.4 Å². The molecule has 0 amide bonds. The minimum absolute atomic E-state index is 0.171. The Hall–Kier alpha value is -4.13. The van der Waals surface area contributed by atoms with Crippen molar-refractivity contribution >= 4 is 16.6 Å². The van der Waals surface area contributed by atoms with Crippen LogP contribution in [0.25, 0.3) is 33.4 Å². The number of hydrogen-bond acceptors (Lipinski definition) is 5. The number of rotatable bonds is 2. The zero-order valence-corrected chi connectivity index (χ0v) is 16.1. The summed E-state index contributed by atoms with van der Waals surface area (Å²) in [6.45, 7) is 2.15. The van der Waals surface area contributed by atoms with Crippen molar-refractivity contribution < 1.29 is 9.47 Å². The van der Waals surface area contributed by atoms with Crippen molar-refractivity contribution in [2.45, 2.75) is 6.92 Å². The highest BCUT2D eigenvalue weighted by Crippen LogP contribution is 2.33. The summed E-state index contributed by atoms with van der Waals surface area (Å²) in [5.41, 5.74) is 4.85. The van der Waals surface area contributed by atoms with Gasteiger partial charge in [0.1, 0.15) is 0 Å². The summed E-state index contributed by atoms with van der Waals surface area (Å²) in [4.78, 5) is 17.8. The Kier molecular flexibility index (Phi) is 3.46. The van der Waals surface area contributed by atoms with Crippen LogP contribution in [0.15, 0.2) is 71.8 Å². The molecule has 0 unspecified atom stereocenters. The first-order valence-electron chi connectivity index (χ1n) is 9.56. The van der Waals surface area contributed by atoms with E-state index in [0.717, 1.165) is 22.5 Å². The number of aryl methyl sites for hydroxylation is 1. The van der Waals surface area contributed by atoms with Crippen LogP contribution in [0, 0.1) is 6.92 Å². The van der Waals surface area contributed by atoms with Crippen LogP contribution >= 0.6 is 0 Å². The maximum absolute atomic E-state index is 13.2. The predicted molar refractivity (Wildman–Crippen MR) is 112 cm³/mol. The molecule has 1 aliphatic heterocycles. The number of fused-ring (bicyclic) bond motifs is 4. The number of nitrogens with zero attached hydrogens (tertiary/aromatic N) is 4. The van der Waals surface area contributed by atoms with Crippen molar-refractivity contribution in [1.29, 1.82) is 0 Å². The molecule has 0 atom stereocenters. The molecular formula is C23H16N4O3. The largest absolute Gasteiger partial charge is 0.454 e. The van der Waals surface area contributed by atoms with Gasteiger partial charge in [0.25, 0.3) is 5.56 Å². The van der Waals surface area contributed by atoms with Gasteiger partial charge in [-0.2, -0.15) is 5.10 Å². The van der Waals surface area contributed by atoms with Crippen molar-refractivity contribution in [3.8, 4) is 28.3 Å². The molecule has 146 valence electrons. The molecule has 2 aromatic carbocycles. The van der Waals surface area contributed by atoms with Gasteiger partial charge < -0.3 is 9.47 Å². The molecule has 4 heterocycles. The molecule has 0 bridgehead atoms. The fraction of sp³-hybridized carbons (Fsp3) is 0.0870. The molecule has 7 nitrogen and oxygen atoms in total. The third-order valence-electron chi connectivity index (χ3n) is 5.38. The maximum atomic E-state index is 13.2. The Labute approximate surface area is 170 Å². The number of ether oxygens (including phenoxy) is 2. The maximum Gasteiger partial charge on any atom is 0.266 e. The highest BCUT2D eigenvalue weighted by Gasteiger charge is 2.18. The third kappa shape index (κ3) is 2.35. The van der Waals surface area contributed by atoms with Gasteiger partial charge in [-0.3, -0.25) is 9.36 Å². The molecule has 0 saturated heterocycles. The zero-order valence-electron chi connectivity index (χ0n) is 16.1. The van der Waals surface area contributed by atoms with Gasteiger partial charge in [-0.1, -0.05) is 30.3 Å². The summed E-state index contributed by atoms with van der Waals surface area (Å²) in [7, 11) is 0. The molecule has 30 heavy (non-hydrogen) atoms. The number of aromatic nitrogens is 4. The Morgan fingerprint density at radius 2 is 1.83 bits per heavy atom. The summed E-state index contributed by atoms with van der Waals surface area (Å²) in [6.07, 6.45) is 3.38. The smallest absolute Gasteiger partial charge is 0.266 e. The summed E-state index contributed by atoms with van der Waals surface area (Å²) >= 11 is 0. The first-order valence-corrected chi connectivity index (χ1v) is 9.56. The van der Waals surface area contributed by atoms with Crippen molar-refractivity contribution in [3.63, 3.8) is 0 Å². The van der Waals surface area contributed by atoms with E-state index in [1.165, 1.54) is 0 Å². The topological polar surface area (TPSA) is 70.7 Å². The average molecular weight is 396 g/mol. The number of pyridine rings is 1. The summed E-state index contributed by atoms with van der Waals surface area (Å²) < 4.78 is 14.1. The number of hydrogen-bond donors (Lipinski definition) is 0. The molecule has 3 aromatic heterocycles. The summed E-state index contributed by atoms with van der Waals surface area (Å²) in [6, 6.07) is 17.3. The van der Waals surface area contributed by atoms with Crippen LogP contribution in [-0.2, 0) is 0 Å². The molecule has 5 aromatic rings. The van der Waals surface area contributed by atoms with Crippen LogP contribution in [-0.4, -0.2) is 26.0 Å². The van der Waals surface area contributed by atoms with E-state index in [1.807, 2.05) is 49.4 Å². The SMILES string of the molecule is Cc1nn2c(ncc3c(=O)n(-c4ccc5c(c4)OCO5)ccc32)c1-c1ccccc1. The van der Waals surface area contributed by atoms with Crippen LogP contribution in [0.5, 0.6) is 11.5 Å². The molecule has 0 radical (unpaired) electrons. The highest BCUT2D eigenvalue weighted by molar-refractivity contribution is 5.86. The van der Waals surface area contributed by atoms with E-state index in [1.54, 1.807) is 33.6 Å². The van der Waals surface area contributed by atoms with Gasteiger partial charge in [0, 0.05) is 24.0 Å². The van der Waals surface area contributed by atoms with Gasteiger partial charge in [0.2, 0.25) is 6.79 Å². The minimum atomic E-state index is -0.171. The zero-order chi connectivity index (χ0) is 20.2. The van der Waals surface area contributed by atoms with Crippen LogP contribution in [0.2, 0.25) is 0 Å². The Morgan fingerprint density at radius 3 is 2.70 bits per heavy atom. The fourth-order valence-corrected chi connectivity index (χ4v) is 3.96. The van der Waals surface area contributed by atoms with Crippen LogP contribution in [0.4, 0.5) is 0 Å². The average Bonchev–Trinajstić information content (AvgIpc) is 3.37. The molecule has 0 N–H and O–H groups in total. The van der Waals surface area contributed by atoms with Crippen LogP contribution < -0.4 is 15.0 Å². The Bertz CT molecular complexity index is 1500. The second kappa shape index (κ2) is 6.18. The van der Waals surface area contributed by atoms with E-state index in [0.29, 0.717) is 28.1 Å². The van der Waals surface area contributed by atoms with Gasteiger partial charge in [-0.15, -0.1) is 0 Å². The lowest BCUT2D eigenvalue weighted by Gasteiger charge is -2.09. The molecule has 0 spiro atoms. The van der Waals surface area contributed by atoms with Gasteiger partial charge in [-0.25, -0.2) is 9.50 Å². The summed E-state index contributed by atoms with van der Waals surface area (Å²) in [5, 5.41) is 5.17.